The minimum atomic E-state index is -4.83. The summed E-state index contributed by atoms with van der Waals surface area (Å²) in [5.41, 5.74) is -0.218. The van der Waals surface area contributed by atoms with Gasteiger partial charge < -0.3 is 9.52 Å². The average Bonchev–Trinajstić information content (AvgIpc) is 2.71. The maximum Gasteiger partial charge on any atom is 0.345 e. The summed E-state index contributed by atoms with van der Waals surface area (Å²) in [4.78, 5) is 15.3. The predicted octanol–water partition coefficient (Wildman–Crippen LogP) is 3.29. The fraction of sp³-hybridized carbons (Fsp3) is 0.0476. The van der Waals surface area contributed by atoms with Crippen LogP contribution in [0.2, 0.25) is 0 Å². The van der Waals surface area contributed by atoms with Crippen molar-refractivity contribution >= 4 is 53.4 Å². The number of hydrogen-bond donors (Lipinski definition) is 3. The lowest BCUT2D eigenvalue weighted by molar-refractivity contribution is 0.444. The number of phenolic OH excluding ortho intramolecular Hbond substituents is 1. The van der Waals surface area contributed by atoms with E-state index in [0.717, 1.165) is 24.3 Å². The van der Waals surface area contributed by atoms with Crippen molar-refractivity contribution in [2.45, 2.75) is 16.7 Å². The number of aromatic hydroxyl groups is 1. The molecule has 1 heterocycles. The highest BCUT2D eigenvalue weighted by Gasteiger charge is 2.20. The quantitative estimate of drug-likeness (QED) is 0.221. The van der Waals surface area contributed by atoms with Gasteiger partial charge >= 0.3 is 5.63 Å². The SMILES string of the molecule is CC(=Nc1cc(S(=O)(=O)O)cc2cc(S(=O)(=O)O)c(O)cc12)c1cc2ccccc2oc1=O. The van der Waals surface area contributed by atoms with Crippen LogP contribution in [0.4, 0.5) is 5.69 Å². The fourth-order valence-electron chi connectivity index (χ4n) is 3.34. The molecule has 0 saturated heterocycles. The largest absolute Gasteiger partial charge is 0.506 e. The first-order chi connectivity index (χ1) is 15.3. The minimum Gasteiger partial charge on any atom is -0.506 e. The van der Waals surface area contributed by atoms with Crippen LogP contribution in [0.15, 0.2) is 78.6 Å². The summed E-state index contributed by atoms with van der Waals surface area (Å²) in [5, 5.41) is 10.7. The van der Waals surface area contributed by atoms with E-state index in [1.54, 1.807) is 30.3 Å². The van der Waals surface area contributed by atoms with Crippen LogP contribution in [0, 0.1) is 0 Å². The summed E-state index contributed by atoms with van der Waals surface area (Å²) in [5.74, 6) is -0.802. The van der Waals surface area contributed by atoms with Crippen molar-refractivity contribution in [1.29, 1.82) is 0 Å². The fourth-order valence-corrected chi connectivity index (χ4v) is 4.47. The normalized spacial score (nSPS) is 13.0. The molecular weight excluding hydrogens is 474 g/mol. The highest BCUT2D eigenvalue weighted by molar-refractivity contribution is 7.86. The Morgan fingerprint density at radius 2 is 1.61 bits per heavy atom. The summed E-state index contributed by atoms with van der Waals surface area (Å²) in [6, 6.07) is 12.1. The standard InChI is InChI=1S/C21H15NO9S2/c1-11(15-7-12-4-2-3-5-19(12)31-21(15)24)22-17-9-14(32(25,26)27)6-13-8-20(33(28,29)30)18(23)10-16(13)17/h2-10,23H,1H3,(H,25,26,27)(H,28,29,30). The van der Waals surface area contributed by atoms with Crippen LogP contribution in [0.25, 0.3) is 21.7 Å². The Bertz CT molecular complexity index is 1750. The minimum absolute atomic E-state index is 0.0624. The lowest BCUT2D eigenvalue weighted by Gasteiger charge is -2.10. The van der Waals surface area contributed by atoms with E-state index >= 15 is 0 Å². The van der Waals surface area contributed by atoms with E-state index in [9.17, 15) is 35.8 Å². The molecule has 0 unspecified atom stereocenters. The molecule has 3 N–H and O–H groups in total. The molecule has 33 heavy (non-hydrogen) atoms. The third-order valence-corrected chi connectivity index (χ3v) is 6.59. The molecule has 10 nitrogen and oxygen atoms in total. The summed E-state index contributed by atoms with van der Waals surface area (Å²) in [7, 11) is -9.57. The molecule has 0 amide bonds. The number of nitrogens with zero attached hydrogens (tertiary/aromatic N) is 1. The van der Waals surface area contributed by atoms with Gasteiger partial charge in [-0.05, 0) is 48.7 Å². The summed E-state index contributed by atoms with van der Waals surface area (Å²) in [6.07, 6.45) is 0. The molecule has 0 radical (unpaired) electrons. The van der Waals surface area contributed by atoms with Gasteiger partial charge in [0.1, 0.15) is 16.2 Å². The molecule has 0 aliphatic rings. The van der Waals surface area contributed by atoms with Crippen molar-refractivity contribution in [1.82, 2.24) is 0 Å². The van der Waals surface area contributed by atoms with Crippen molar-refractivity contribution < 1.29 is 35.5 Å². The van der Waals surface area contributed by atoms with Gasteiger partial charge in [0, 0.05) is 10.8 Å². The molecule has 0 spiro atoms. The predicted molar refractivity (Wildman–Crippen MR) is 120 cm³/mol. The second-order valence-electron chi connectivity index (χ2n) is 7.12. The third kappa shape index (κ3) is 4.36. The molecule has 4 aromatic rings. The van der Waals surface area contributed by atoms with E-state index in [1.807, 2.05) is 0 Å². The van der Waals surface area contributed by atoms with Crippen molar-refractivity contribution in [2.75, 3.05) is 0 Å². The van der Waals surface area contributed by atoms with Gasteiger partial charge in [-0.2, -0.15) is 16.8 Å². The number of benzene rings is 3. The van der Waals surface area contributed by atoms with Gasteiger partial charge in [0.25, 0.3) is 20.2 Å². The van der Waals surface area contributed by atoms with Gasteiger partial charge in [-0.15, -0.1) is 0 Å². The Balaban J connectivity index is 2.02. The zero-order valence-corrected chi connectivity index (χ0v) is 18.4. The van der Waals surface area contributed by atoms with E-state index < -0.39 is 41.4 Å². The average molecular weight is 489 g/mol. The lowest BCUT2D eigenvalue weighted by Crippen LogP contribution is -2.12. The van der Waals surface area contributed by atoms with E-state index in [4.69, 9.17) is 4.42 Å². The first kappa shape index (κ1) is 22.6. The van der Waals surface area contributed by atoms with Gasteiger partial charge in [-0.3, -0.25) is 14.1 Å². The summed E-state index contributed by atoms with van der Waals surface area (Å²) >= 11 is 0. The Morgan fingerprint density at radius 3 is 2.27 bits per heavy atom. The summed E-state index contributed by atoms with van der Waals surface area (Å²) < 4.78 is 70.7. The zero-order valence-electron chi connectivity index (χ0n) is 16.8. The van der Waals surface area contributed by atoms with E-state index in [0.29, 0.717) is 11.0 Å². The molecule has 0 saturated carbocycles. The van der Waals surface area contributed by atoms with Gasteiger partial charge in [0.2, 0.25) is 0 Å². The van der Waals surface area contributed by atoms with Crippen LogP contribution in [0.5, 0.6) is 5.75 Å². The smallest absolute Gasteiger partial charge is 0.345 e. The van der Waals surface area contributed by atoms with Crippen LogP contribution in [-0.2, 0) is 20.2 Å². The number of fused-ring (bicyclic) bond motifs is 2. The number of para-hydroxylation sites is 1. The molecule has 0 aliphatic heterocycles. The monoisotopic (exact) mass is 489 g/mol. The molecule has 0 fully saturated rings. The number of rotatable bonds is 4. The van der Waals surface area contributed by atoms with Crippen molar-refractivity contribution in [3.63, 3.8) is 0 Å². The highest BCUT2D eigenvalue weighted by Crippen LogP contribution is 2.36. The van der Waals surface area contributed by atoms with Gasteiger partial charge in [-0.25, -0.2) is 4.79 Å². The maximum absolute atomic E-state index is 12.4. The molecule has 0 atom stereocenters. The second-order valence-corrected chi connectivity index (χ2v) is 9.93. The molecule has 4 rings (SSSR count). The molecule has 3 aromatic carbocycles. The molecule has 0 aliphatic carbocycles. The van der Waals surface area contributed by atoms with Crippen LogP contribution in [0.3, 0.4) is 0 Å². The number of aliphatic imine (C=N–C) groups is 1. The lowest BCUT2D eigenvalue weighted by atomic mass is 10.1. The van der Waals surface area contributed by atoms with Gasteiger partial charge in [0.05, 0.1) is 21.9 Å². The first-order valence-electron chi connectivity index (χ1n) is 9.19. The van der Waals surface area contributed by atoms with Gasteiger partial charge in [0.15, 0.2) is 0 Å². The zero-order chi connectivity index (χ0) is 24.1. The second kappa shape index (κ2) is 7.78. The Labute approximate surface area is 186 Å². The first-order valence-corrected chi connectivity index (χ1v) is 12.1. The number of phenols is 1. The van der Waals surface area contributed by atoms with Crippen LogP contribution >= 0.6 is 0 Å². The van der Waals surface area contributed by atoms with Crippen LogP contribution < -0.4 is 5.63 Å². The maximum atomic E-state index is 12.4. The van der Waals surface area contributed by atoms with Crippen molar-refractivity contribution in [2.24, 2.45) is 4.99 Å². The highest BCUT2D eigenvalue weighted by atomic mass is 32.2. The molecule has 12 heteroatoms. The Morgan fingerprint density at radius 1 is 0.909 bits per heavy atom. The van der Waals surface area contributed by atoms with Crippen molar-refractivity contribution in [3.8, 4) is 5.75 Å². The molecular formula is C21H15NO9S2. The van der Waals surface area contributed by atoms with Gasteiger partial charge in [-0.1, -0.05) is 18.2 Å². The molecule has 170 valence electrons. The van der Waals surface area contributed by atoms with Crippen LogP contribution in [0.1, 0.15) is 12.5 Å². The van der Waals surface area contributed by atoms with E-state index in [1.165, 1.54) is 6.92 Å². The van der Waals surface area contributed by atoms with Crippen LogP contribution in [-0.4, -0.2) is 36.8 Å². The third-order valence-electron chi connectivity index (χ3n) is 4.88. The molecule has 0 bridgehead atoms. The molecule has 1 aromatic heterocycles. The Hall–Kier alpha value is -3.58. The van der Waals surface area contributed by atoms with Crippen molar-refractivity contribution in [3.05, 3.63) is 70.6 Å². The van der Waals surface area contributed by atoms with E-state index in [-0.39, 0.29) is 27.7 Å². The van der Waals surface area contributed by atoms with E-state index in [2.05, 4.69) is 4.99 Å². The number of hydrogen-bond acceptors (Lipinski definition) is 8. The summed E-state index contributed by atoms with van der Waals surface area (Å²) in [6.45, 7) is 1.47. The topological polar surface area (TPSA) is 172 Å². The Kier molecular flexibility index (Phi) is 5.33.